The van der Waals surface area contributed by atoms with Gasteiger partial charge < -0.3 is 23.9 Å². The minimum Gasteiger partial charge on any atom is -0.497 e. The number of methoxy groups -OCH3 is 1. The Hall–Kier alpha value is -3.15. The molecule has 1 unspecified atom stereocenters. The molecule has 0 saturated heterocycles. The van der Waals surface area contributed by atoms with E-state index in [9.17, 15) is 4.79 Å². The number of carbonyl (C=O) groups excluding carboxylic acids is 1. The second kappa shape index (κ2) is 7.11. The second-order valence-electron chi connectivity index (χ2n) is 6.89. The van der Waals surface area contributed by atoms with Crippen LogP contribution >= 0.6 is 0 Å². The van der Waals surface area contributed by atoms with E-state index in [2.05, 4.69) is 5.32 Å². The Bertz CT molecular complexity index is 1050. The lowest BCUT2D eigenvalue weighted by Gasteiger charge is -2.13. The molecule has 146 valence electrons. The number of anilines is 1. The summed E-state index contributed by atoms with van der Waals surface area (Å²) in [6.45, 7) is 6.29. The van der Waals surface area contributed by atoms with Crippen LogP contribution in [0, 0.1) is 6.92 Å². The molecule has 2 heterocycles. The molecule has 6 nitrogen and oxygen atoms in total. The van der Waals surface area contributed by atoms with Gasteiger partial charge in [-0.2, -0.15) is 0 Å². The van der Waals surface area contributed by atoms with Gasteiger partial charge in [0.25, 0.3) is 5.91 Å². The normalized spacial score (nSPS) is 15.2. The van der Waals surface area contributed by atoms with Gasteiger partial charge in [0, 0.05) is 29.0 Å². The Labute approximate surface area is 163 Å². The summed E-state index contributed by atoms with van der Waals surface area (Å²) < 4.78 is 22.6. The highest BCUT2D eigenvalue weighted by Crippen LogP contribution is 2.38. The van der Waals surface area contributed by atoms with E-state index >= 15 is 0 Å². The summed E-state index contributed by atoms with van der Waals surface area (Å²) in [5.74, 6) is 2.05. The third-order valence-corrected chi connectivity index (χ3v) is 4.90. The maximum atomic E-state index is 12.9. The van der Waals surface area contributed by atoms with Gasteiger partial charge in [-0.15, -0.1) is 0 Å². The molecule has 3 aromatic rings. The Morgan fingerprint density at radius 3 is 2.86 bits per heavy atom. The summed E-state index contributed by atoms with van der Waals surface area (Å²) in [5, 5.41) is 3.77. The van der Waals surface area contributed by atoms with Gasteiger partial charge in [-0.1, -0.05) is 0 Å². The molecular weight excluding hydrogens is 358 g/mol. The molecule has 4 rings (SSSR count). The van der Waals surface area contributed by atoms with Gasteiger partial charge in [0.05, 0.1) is 19.4 Å². The Balaban J connectivity index is 1.68. The highest BCUT2D eigenvalue weighted by molar-refractivity contribution is 6.07. The largest absolute Gasteiger partial charge is 0.497 e. The van der Waals surface area contributed by atoms with Crippen LogP contribution in [0.4, 0.5) is 5.69 Å². The highest BCUT2D eigenvalue weighted by Gasteiger charge is 2.24. The van der Waals surface area contributed by atoms with Crippen LogP contribution in [0.2, 0.25) is 0 Å². The molecule has 1 aliphatic heterocycles. The number of ether oxygens (including phenoxy) is 3. The van der Waals surface area contributed by atoms with E-state index in [1.807, 2.05) is 39.0 Å². The first-order chi connectivity index (χ1) is 13.5. The lowest BCUT2D eigenvalue weighted by Crippen LogP contribution is -2.13. The van der Waals surface area contributed by atoms with Crippen molar-refractivity contribution in [1.82, 2.24) is 0 Å². The molecule has 28 heavy (non-hydrogen) atoms. The highest BCUT2D eigenvalue weighted by atomic mass is 16.5. The van der Waals surface area contributed by atoms with Crippen LogP contribution in [0.5, 0.6) is 17.2 Å². The molecule has 1 atom stereocenters. The lowest BCUT2D eigenvalue weighted by molar-refractivity contribution is 0.0997. The van der Waals surface area contributed by atoms with Gasteiger partial charge >= 0.3 is 0 Å². The standard InChI is InChI=1S/C22H23NO5/c1-5-26-20-9-14-8-12(2)27-19(14)11-17(20)23-22(24)21-13(3)16-10-15(25-4)6-7-18(16)28-21/h6-7,9-12H,5,8H2,1-4H3,(H,23,24). The first-order valence-corrected chi connectivity index (χ1v) is 9.35. The molecule has 1 aromatic heterocycles. The van der Waals surface area contributed by atoms with Crippen LogP contribution in [-0.4, -0.2) is 25.7 Å². The van der Waals surface area contributed by atoms with Crippen LogP contribution in [-0.2, 0) is 6.42 Å². The van der Waals surface area contributed by atoms with Crippen molar-refractivity contribution in [2.75, 3.05) is 19.0 Å². The van der Waals surface area contributed by atoms with Crippen LogP contribution in [0.3, 0.4) is 0 Å². The predicted molar refractivity (Wildman–Crippen MR) is 107 cm³/mol. The monoisotopic (exact) mass is 381 g/mol. The zero-order chi connectivity index (χ0) is 19.8. The van der Waals surface area contributed by atoms with Gasteiger partial charge in [-0.05, 0) is 45.0 Å². The molecule has 6 heteroatoms. The molecule has 1 N–H and O–H groups in total. The quantitative estimate of drug-likeness (QED) is 0.692. The topological polar surface area (TPSA) is 69.9 Å². The van der Waals surface area contributed by atoms with Crippen molar-refractivity contribution < 1.29 is 23.4 Å². The van der Waals surface area contributed by atoms with Gasteiger partial charge in [-0.3, -0.25) is 4.79 Å². The van der Waals surface area contributed by atoms with Gasteiger partial charge in [-0.25, -0.2) is 0 Å². The molecular formula is C22H23NO5. The van der Waals surface area contributed by atoms with E-state index in [0.29, 0.717) is 29.4 Å². The first kappa shape index (κ1) is 18.2. The molecule has 0 saturated carbocycles. The van der Waals surface area contributed by atoms with Gasteiger partial charge in [0.1, 0.15) is 28.9 Å². The fraction of sp³-hybridized carbons (Fsp3) is 0.318. The summed E-state index contributed by atoms with van der Waals surface area (Å²) in [5.41, 5.74) is 3.05. The molecule has 0 spiro atoms. The number of carbonyl (C=O) groups is 1. The molecule has 2 aromatic carbocycles. The molecule has 0 aliphatic carbocycles. The minimum atomic E-state index is -0.334. The molecule has 1 amide bonds. The average molecular weight is 381 g/mol. The summed E-state index contributed by atoms with van der Waals surface area (Å²) >= 11 is 0. The SMILES string of the molecule is CCOc1cc2c(cc1NC(=O)c1oc3ccc(OC)cc3c1C)OC(C)C2. The Morgan fingerprint density at radius 1 is 1.29 bits per heavy atom. The number of rotatable bonds is 5. The van der Waals surface area contributed by atoms with E-state index in [1.54, 1.807) is 19.2 Å². The maximum Gasteiger partial charge on any atom is 0.291 e. The second-order valence-corrected chi connectivity index (χ2v) is 6.89. The summed E-state index contributed by atoms with van der Waals surface area (Å²) in [6, 6.07) is 9.23. The van der Waals surface area contributed by atoms with Crippen LogP contribution in [0.1, 0.15) is 35.5 Å². The number of furan rings is 1. The smallest absolute Gasteiger partial charge is 0.291 e. The fourth-order valence-electron chi connectivity index (χ4n) is 3.53. The van der Waals surface area contributed by atoms with Crippen molar-refractivity contribution in [2.24, 2.45) is 0 Å². The van der Waals surface area contributed by atoms with E-state index < -0.39 is 0 Å². The van der Waals surface area contributed by atoms with Crippen molar-refractivity contribution in [3.63, 3.8) is 0 Å². The predicted octanol–water partition coefficient (Wildman–Crippen LogP) is 4.72. The number of amides is 1. The van der Waals surface area contributed by atoms with Gasteiger partial charge in [0.2, 0.25) is 0 Å². The third kappa shape index (κ3) is 3.15. The van der Waals surface area contributed by atoms with Crippen LogP contribution in [0.15, 0.2) is 34.7 Å². The van der Waals surface area contributed by atoms with Crippen LogP contribution in [0.25, 0.3) is 11.0 Å². The van der Waals surface area contributed by atoms with E-state index in [0.717, 1.165) is 28.7 Å². The van der Waals surface area contributed by atoms with Crippen molar-refractivity contribution in [1.29, 1.82) is 0 Å². The number of nitrogens with one attached hydrogen (secondary N) is 1. The molecule has 0 bridgehead atoms. The fourth-order valence-corrected chi connectivity index (χ4v) is 3.53. The van der Waals surface area contributed by atoms with Crippen LogP contribution < -0.4 is 19.5 Å². The van der Waals surface area contributed by atoms with Crippen molar-refractivity contribution in [2.45, 2.75) is 33.3 Å². The number of hydrogen-bond donors (Lipinski definition) is 1. The third-order valence-electron chi connectivity index (χ3n) is 4.90. The summed E-state index contributed by atoms with van der Waals surface area (Å²) in [6.07, 6.45) is 0.941. The molecule has 0 fully saturated rings. The van der Waals surface area contributed by atoms with Crippen molar-refractivity contribution >= 4 is 22.6 Å². The van der Waals surface area contributed by atoms with Crippen molar-refractivity contribution in [3.8, 4) is 17.2 Å². The summed E-state index contributed by atoms with van der Waals surface area (Å²) in [7, 11) is 1.61. The zero-order valence-electron chi connectivity index (χ0n) is 16.4. The number of aryl methyl sites for hydroxylation is 1. The Kier molecular flexibility index (Phi) is 4.63. The zero-order valence-corrected chi connectivity index (χ0v) is 16.4. The summed E-state index contributed by atoms with van der Waals surface area (Å²) in [4.78, 5) is 12.9. The lowest BCUT2D eigenvalue weighted by atomic mass is 10.1. The maximum absolute atomic E-state index is 12.9. The number of benzene rings is 2. The molecule has 1 aliphatic rings. The van der Waals surface area contributed by atoms with Gasteiger partial charge in [0.15, 0.2) is 5.76 Å². The average Bonchev–Trinajstić information content (AvgIpc) is 3.20. The number of fused-ring (bicyclic) bond motifs is 2. The number of hydrogen-bond acceptors (Lipinski definition) is 5. The van der Waals surface area contributed by atoms with E-state index in [4.69, 9.17) is 18.6 Å². The van der Waals surface area contributed by atoms with E-state index in [-0.39, 0.29) is 17.8 Å². The molecule has 0 radical (unpaired) electrons. The van der Waals surface area contributed by atoms with E-state index in [1.165, 1.54) is 0 Å². The van der Waals surface area contributed by atoms with Crippen molar-refractivity contribution in [3.05, 3.63) is 47.2 Å². The first-order valence-electron chi connectivity index (χ1n) is 9.35. The Morgan fingerprint density at radius 2 is 2.11 bits per heavy atom. The minimum absolute atomic E-state index is 0.114.